The van der Waals surface area contributed by atoms with Crippen molar-refractivity contribution in [3.8, 4) is 5.75 Å². The monoisotopic (exact) mass is 271 g/mol. The van der Waals surface area contributed by atoms with Gasteiger partial charge in [0.2, 0.25) is 0 Å². The van der Waals surface area contributed by atoms with Gasteiger partial charge in [0.15, 0.2) is 5.75 Å². The number of benzene rings is 2. The number of rotatable bonds is 5. The van der Waals surface area contributed by atoms with Crippen molar-refractivity contribution < 1.29 is 14.3 Å². The second kappa shape index (κ2) is 6.61. The van der Waals surface area contributed by atoms with Gasteiger partial charge in [-0.15, -0.1) is 0 Å². The summed E-state index contributed by atoms with van der Waals surface area (Å²) in [5, 5.41) is 0. The highest BCUT2D eigenvalue weighted by atomic mass is 16.5. The lowest BCUT2D eigenvalue weighted by atomic mass is 10.1. The van der Waals surface area contributed by atoms with Gasteiger partial charge in [0, 0.05) is 6.42 Å². The Hall–Kier alpha value is -2.49. The predicted molar refractivity (Wildman–Crippen MR) is 77.8 cm³/mol. The van der Waals surface area contributed by atoms with Crippen LogP contribution in [0.15, 0.2) is 48.5 Å². The summed E-state index contributed by atoms with van der Waals surface area (Å²) in [5.74, 6) is -0.0673. The minimum absolute atomic E-state index is 0.320. The maximum atomic E-state index is 12.0. The molecule has 2 rings (SSSR count). The molecule has 0 radical (unpaired) electrons. The zero-order valence-electron chi connectivity index (χ0n) is 11.3. The molecule has 4 heteroatoms. The van der Waals surface area contributed by atoms with E-state index in [0.29, 0.717) is 30.0 Å². The number of ether oxygens (including phenoxy) is 2. The molecule has 2 aromatic carbocycles. The molecule has 104 valence electrons. The highest BCUT2D eigenvalue weighted by Crippen LogP contribution is 2.26. The van der Waals surface area contributed by atoms with Gasteiger partial charge in [-0.3, -0.25) is 0 Å². The average Bonchev–Trinajstić information content (AvgIpc) is 2.48. The minimum atomic E-state index is -0.426. The Morgan fingerprint density at radius 3 is 2.55 bits per heavy atom. The number of nitrogens with two attached hydrogens (primary N) is 1. The number of carbonyl (C=O) groups is 1. The first-order chi connectivity index (χ1) is 9.72. The third kappa shape index (κ3) is 3.29. The zero-order valence-corrected chi connectivity index (χ0v) is 11.3. The minimum Gasteiger partial charge on any atom is -0.494 e. The van der Waals surface area contributed by atoms with Gasteiger partial charge in [0.1, 0.15) is 5.56 Å². The van der Waals surface area contributed by atoms with Crippen LogP contribution in [0.2, 0.25) is 0 Å². The summed E-state index contributed by atoms with van der Waals surface area (Å²) in [7, 11) is 1.48. The van der Waals surface area contributed by atoms with Crippen LogP contribution in [-0.2, 0) is 11.2 Å². The van der Waals surface area contributed by atoms with Crippen molar-refractivity contribution in [3.63, 3.8) is 0 Å². The molecule has 0 aliphatic heterocycles. The zero-order chi connectivity index (χ0) is 14.4. The van der Waals surface area contributed by atoms with E-state index in [4.69, 9.17) is 15.2 Å². The van der Waals surface area contributed by atoms with Crippen LogP contribution < -0.4 is 10.5 Å². The van der Waals surface area contributed by atoms with Crippen LogP contribution in [0, 0.1) is 0 Å². The van der Waals surface area contributed by atoms with Crippen LogP contribution in [0.5, 0.6) is 5.75 Å². The summed E-state index contributed by atoms with van der Waals surface area (Å²) in [4.78, 5) is 12.0. The maximum absolute atomic E-state index is 12.0. The van der Waals surface area contributed by atoms with Gasteiger partial charge in [-0.2, -0.15) is 0 Å². The fraction of sp³-hybridized carbons (Fsp3) is 0.188. The summed E-state index contributed by atoms with van der Waals surface area (Å²) in [6, 6.07) is 14.9. The number of hydrogen-bond acceptors (Lipinski definition) is 4. The SMILES string of the molecule is COc1c(N)cccc1C(=O)OCCc1ccccc1. The molecule has 0 spiro atoms. The van der Waals surface area contributed by atoms with E-state index in [0.717, 1.165) is 5.56 Å². The molecule has 0 saturated carbocycles. The van der Waals surface area contributed by atoms with E-state index in [2.05, 4.69) is 0 Å². The smallest absolute Gasteiger partial charge is 0.342 e. The Bertz CT molecular complexity index is 582. The fourth-order valence-corrected chi connectivity index (χ4v) is 1.93. The van der Waals surface area contributed by atoms with Crippen molar-refractivity contribution in [2.24, 2.45) is 0 Å². The number of para-hydroxylation sites is 1. The molecule has 4 nitrogen and oxygen atoms in total. The summed E-state index contributed by atoms with van der Waals surface area (Å²) >= 11 is 0. The number of nitrogen functional groups attached to an aromatic ring is 1. The molecule has 0 unspecified atom stereocenters. The van der Waals surface area contributed by atoms with Crippen LogP contribution in [0.3, 0.4) is 0 Å². The van der Waals surface area contributed by atoms with Crippen LogP contribution >= 0.6 is 0 Å². The molecule has 0 heterocycles. The van der Waals surface area contributed by atoms with Crippen molar-refractivity contribution in [2.45, 2.75) is 6.42 Å². The fourth-order valence-electron chi connectivity index (χ4n) is 1.93. The predicted octanol–water partition coefficient (Wildman–Crippen LogP) is 2.68. The highest BCUT2D eigenvalue weighted by Gasteiger charge is 2.15. The Balaban J connectivity index is 1.97. The summed E-state index contributed by atoms with van der Waals surface area (Å²) in [6.07, 6.45) is 0.678. The molecule has 0 aliphatic carbocycles. The highest BCUT2D eigenvalue weighted by molar-refractivity contribution is 5.94. The summed E-state index contributed by atoms with van der Waals surface area (Å²) in [5.41, 5.74) is 7.65. The average molecular weight is 271 g/mol. The summed E-state index contributed by atoms with van der Waals surface area (Å²) < 4.78 is 10.4. The van der Waals surface area contributed by atoms with E-state index >= 15 is 0 Å². The molecule has 0 fully saturated rings. The molecule has 0 atom stereocenters. The summed E-state index contributed by atoms with van der Waals surface area (Å²) in [6.45, 7) is 0.320. The molecule has 0 aliphatic rings. The first-order valence-corrected chi connectivity index (χ1v) is 6.36. The number of esters is 1. The van der Waals surface area contributed by atoms with Crippen molar-refractivity contribution in [3.05, 3.63) is 59.7 Å². The van der Waals surface area contributed by atoms with E-state index in [9.17, 15) is 4.79 Å². The molecule has 20 heavy (non-hydrogen) atoms. The molecule has 2 aromatic rings. The third-order valence-corrected chi connectivity index (χ3v) is 2.94. The van der Waals surface area contributed by atoms with E-state index in [1.165, 1.54) is 7.11 Å². The molecular formula is C16H17NO3. The molecule has 0 bridgehead atoms. The van der Waals surface area contributed by atoms with Crippen molar-refractivity contribution in [1.29, 1.82) is 0 Å². The van der Waals surface area contributed by atoms with E-state index in [-0.39, 0.29) is 0 Å². The Morgan fingerprint density at radius 2 is 1.85 bits per heavy atom. The maximum Gasteiger partial charge on any atom is 0.342 e. The molecular weight excluding hydrogens is 254 g/mol. The van der Waals surface area contributed by atoms with Gasteiger partial charge in [0.25, 0.3) is 0 Å². The largest absolute Gasteiger partial charge is 0.494 e. The molecule has 0 saturated heterocycles. The number of carbonyl (C=O) groups excluding carboxylic acids is 1. The second-order valence-electron chi connectivity index (χ2n) is 4.30. The number of anilines is 1. The molecule has 0 aromatic heterocycles. The van der Waals surface area contributed by atoms with E-state index in [1.807, 2.05) is 30.3 Å². The Morgan fingerprint density at radius 1 is 1.10 bits per heavy atom. The lowest BCUT2D eigenvalue weighted by Crippen LogP contribution is -2.10. The topological polar surface area (TPSA) is 61.5 Å². The van der Waals surface area contributed by atoms with Crippen LogP contribution in [0.4, 0.5) is 5.69 Å². The van der Waals surface area contributed by atoms with Gasteiger partial charge < -0.3 is 15.2 Å². The lowest BCUT2D eigenvalue weighted by molar-refractivity contribution is 0.0506. The number of methoxy groups -OCH3 is 1. The van der Waals surface area contributed by atoms with Crippen LogP contribution in [0.25, 0.3) is 0 Å². The van der Waals surface area contributed by atoms with Crippen molar-refractivity contribution in [1.82, 2.24) is 0 Å². The lowest BCUT2D eigenvalue weighted by Gasteiger charge is -2.10. The Kier molecular flexibility index (Phi) is 4.60. The van der Waals surface area contributed by atoms with E-state index < -0.39 is 5.97 Å². The van der Waals surface area contributed by atoms with Crippen molar-refractivity contribution >= 4 is 11.7 Å². The van der Waals surface area contributed by atoms with Gasteiger partial charge in [-0.1, -0.05) is 36.4 Å². The van der Waals surface area contributed by atoms with Gasteiger partial charge >= 0.3 is 5.97 Å². The van der Waals surface area contributed by atoms with Gasteiger partial charge in [0.05, 0.1) is 19.4 Å². The molecule has 2 N–H and O–H groups in total. The van der Waals surface area contributed by atoms with Gasteiger partial charge in [-0.05, 0) is 17.7 Å². The number of hydrogen-bond donors (Lipinski definition) is 1. The molecule has 0 amide bonds. The third-order valence-electron chi connectivity index (χ3n) is 2.94. The second-order valence-corrected chi connectivity index (χ2v) is 4.30. The van der Waals surface area contributed by atoms with E-state index in [1.54, 1.807) is 18.2 Å². The van der Waals surface area contributed by atoms with Gasteiger partial charge in [-0.25, -0.2) is 4.79 Å². The first kappa shape index (κ1) is 13.9. The first-order valence-electron chi connectivity index (χ1n) is 6.36. The normalized spacial score (nSPS) is 10.1. The van der Waals surface area contributed by atoms with Crippen LogP contribution in [0.1, 0.15) is 15.9 Å². The standard InChI is InChI=1S/C16H17NO3/c1-19-15-13(8-5-9-14(15)17)16(18)20-11-10-12-6-3-2-4-7-12/h2-9H,10-11,17H2,1H3. The Labute approximate surface area is 118 Å². The van der Waals surface area contributed by atoms with Crippen molar-refractivity contribution in [2.75, 3.05) is 19.5 Å². The quantitative estimate of drug-likeness (QED) is 0.671. The van der Waals surface area contributed by atoms with Crippen LogP contribution in [-0.4, -0.2) is 19.7 Å².